The van der Waals surface area contributed by atoms with Crippen LogP contribution in [-0.2, 0) is 14.8 Å². The fourth-order valence-corrected chi connectivity index (χ4v) is 4.83. The number of fused-ring (bicyclic) bond motifs is 1. The van der Waals surface area contributed by atoms with Crippen LogP contribution < -0.4 is 19.7 Å². The van der Waals surface area contributed by atoms with Crippen molar-refractivity contribution >= 4 is 27.3 Å². The fourth-order valence-electron chi connectivity index (χ4n) is 3.81. The molecular weight excluding hydrogens is 492 g/mol. The lowest BCUT2D eigenvalue weighted by molar-refractivity contribution is 0.204. The van der Waals surface area contributed by atoms with Gasteiger partial charge in [-0.05, 0) is 50.2 Å². The number of aromatic nitrogens is 2. The van der Waals surface area contributed by atoms with E-state index in [2.05, 4.69) is 20.0 Å². The summed E-state index contributed by atoms with van der Waals surface area (Å²) in [6.07, 6.45) is 0.997. The number of anilines is 3. The molecule has 0 amide bonds. The molecule has 0 spiro atoms. The molecule has 0 unspecified atom stereocenters. The fraction of sp³-hybridized carbons (Fsp3) is 0.333. The summed E-state index contributed by atoms with van der Waals surface area (Å²) >= 11 is 0. The molecule has 0 atom stereocenters. The number of benzene rings is 2. The van der Waals surface area contributed by atoms with Crippen LogP contribution in [0.5, 0.6) is 5.75 Å². The van der Waals surface area contributed by atoms with E-state index in [-0.39, 0.29) is 47.0 Å². The predicted octanol–water partition coefficient (Wildman–Crippen LogP) is 3.70. The molecule has 0 saturated carbocycles. The van der Waals surface area contributed by atoms with Crippen LogP contribution >= 0.6 is 0 Å². The van der Waals surface area contributed by atoms with Gasteiger partial charge in [0.05, 0.1) is 29.9 Å². The number of rotatable bonds is 9. The van der Waals surface area contributed by atoms with Crippen LogP contribution in [0.15, 0.2) is 47.5 Å². The van der Waals surface area contributed by atoms with Crippen molar-refractivity contribution < 1.29 is 26.7 Å². The highest BCUT2D eigenvalue weighted by atomic mass is 32.2. The van der Waals surface area contributed by atoms with Crippen molar-refractivity contribution in [2.45, 2.75) is 24.8 Å². The maximum atomic E-state index is 14.9. The number of hydrogen-bond acceptors (Lipinski definition) is 8. The average Bonchev–Trinajstić information content (AvgIpc) is 2.85. The Labute approximate surface area is 208 Å². The maximum Gasteiger partial charge on any atom is 0.240 e. The highest BCUT2D eigenvalue weighted by Gasteiger charge is 2.25. The molecule has 0 fully saturated rings. The van der Waals surface area contributed by atoms with Crippen LogP contribution in [0.3, 0.4) is 0 Å². The quantitative estimate of drug-likeness (QED) is 0.413. The Bertz CT molecular complexity index is 1340. The van der Waals surface area contributed by atoms with Crippen molar-refractivity contribution in [3.05, 3.63) is 54.2 Å². The smallest absolute Gasteiger partial charge is 0.240 e. The molecular formula is C24H27F2N5O4S. The van der Waals surface area contributed by atoms with Crippen LogP contribution in [0, 0.1) is 11.6 Å². The summed E-state index contributed by atoms with van der Waals surface area (Å²) in [6.45, 7) is 5.31. The van der Waals surface area contributed by atoms with Crippen LogP contribution in [0.2, 0.25) is 0 Å². The number of methoxy groups -OCH3 is 1. The number of halogens is 2. The minimum Gasteiger partial charge on any atom is -0.486 e. The molecule has 36 heavy (non-hydrogen) atoms. The molecule has 4 rings (SSSR count). The summed E-state index contributed by atoms with van der Waals surface area (Å²) in [5.74, 6) is -1.11. The lowest BCUT2D eigenvalue weighted by Crippen LogP contribution is -2.38. The van der Waals surface area contributed by atoms with E-state index in [1.54, 1.807) is 6.07 Å². The van der Waals surface area contributed by atoms with Gasteiger partial charge in [0.1, 0.15) is 12.3 Å². The summed E-state index contributed by atoms with van der Waals surface area (Å²) in [7, 11) is -2.20. The van der Waals surface area contributed by atoms with E-state index < -0.39 is 21.7 Å². The summed E-state index contributed by atoms with van der Waals surface area (Å²) < 4.78 is 67.0. The van der Waals surface area contributed by atoms with Gasteiger partial charge < -0.3 is 19.7 Å². The topological polar surface area (TPSA) is 106 Å². The third-order valence-corrected chi connectivity index (χ3v) is 7.05. The standard InChI is InChI=1S/C24H27F2N5O4S/c1-15(2)31-9-11-35-23-19(25)12-16(13-21(23)31)22-20(26)14-27-24(30-22)29-17-4-6-18(7-5-17)36(32,33)28-8-10-34-3/h4-7,12-15,28H,8-11H2,1-3H3,(H,27,29,30). The molecule has 2 N–H and O–H groups in total. The van der Waals surface area contributed by atoms with Gasteiger partial charge in [0.15, 0.2) is 17.4 Å². The Morgan fingerprint density at radius 1 is 1.17 bits per heavy atom. The normalized spacial score (nSPS) is 13.4. The number of hydrogen-bond donors (Lipinski definition) is 2. The predicted molar refractivity (Wildman–Crippen MR) is 132 cm³/mol. The summed E-state index contributed by atoms with van der Waals surface area (Å²) in [4.78, 5) is 10.3. The van der Waals surface area contributed by atoms with Gasteiger partial charge in [0, 0.05) is 30.9 Å². The van der Waals surface area contributed by atoms with Gasteiger partial charge in [-0.3, -0.25) is 0 Å². The molecule has 1 aliphatic rings. The second kappa shape index (κ2) is 10.7. The first-order valence-corrected chi connectivity index (χ1v) is 12.8. The Morgan fingerprint density at radius 2 is 1.92 bits per heavy atom. The van der Waals surface area contributed by atoms with E-state index >= 15 is 0 Å². The number of sulfonamides is 1. The highest BCUT2D eigenvalue weighted by molar-refractivity contribution is 7.89. The summed E-state index contributed by atoms with van der Waals surface area (Å²) in [6, 6.07) is 8.85. The molecule has 0 radical (unpaired) electrons. The van der Waals surface area contributed by atoms with Gasteiger partial charge in [-0.25, -0.2) is 31.9 Å². The van der Waals surface area contributed by atoms with Crippen molar-refractivity contribution in [3.63, 3.8) is 0 Å². The number of nitrogens with one attached hydrogen (secondary N) is 2. The van der Waals surface area contributed by atoms with Crippen molar-refractivity contribution in [2.75, 3.05) is 43.6 Å². The third kappa shape index (κ3) is 5.55. The second-order valence-electron chi connectivity index (χ2n) is 8.37. The van der Waals surface area contributed by atoms with Crippen molar-refractivity contribution in [3.8, 4) is 17.0 Å². The van der Waals surface area contributed by atoms with E-state index in [4.69, 9.17) is 9.47 Å². The molecule has 0 saturated heterocycles. The van der Waals surface area contributed by atoms with Crippen LogP contribution in [0.25, 0.3) is 11.3 Å². The molecule has 2 aromatic carbocycles. The number of nitrogens with zero attached hydrogens (tertiary/aromatic N) is 3. The SMILES string of the molecule is COCCNS(=O)(=O)c1ccc(Nc2ncc(F)c(-c3cc(F)c4c(c3)N(C(C)C)CCO4)n2)cc1. The van der Waals surface area contributed by atoms with E-state index in [0.717, 1.165) is 6.20 Å². The lowest BCUT2D eigenvalue weighted by atomic mass is 10.1. The van der Waals surface area contributed by atoms with Crippen molar-refractivity contribution in [1.82, 2.24) is 14.7 Å². The van der Waals surface area contributed by atoms with Gasteiger partial charge in [-0.1, -0.05) is 0 Å². The van der Waals surface area contributed by atoms with Crippen LogP contribution in [0.4, 0.5) is 26.1 Å². The molecule has 0 bridgehead atoms. The third-order valence-electron chi connectivity index (χ3n) is 5.57. The lowest BCUT2D eigenvalue weighted by Gasteiger charge is -2.34. The van der Waals surface area contributed by atoms with Gasteiger partial charge >= 0.3 is 0 Å². The Balaban J connectivity index is 1.59. The zero-order valence-electron chi connectivity index (χ0n) is 20.1. The zero-order chi connectivity index (χ0) is 25.9. The number of ether oxygens (including phenoxy) is 2. The average molecular weight is 520 g/mol. The molecule has 2 heterocycles. The molecule has 1 aliphatic heterocycles. The zero-order valence-corrected chi connectivity index (χ0v) is 20.9. The van der Waals surface area contributed by atoms with Crippen molar-refractivity contribution in [1.29, 1.82) is 0 Å². The van der Waals surface area contributed by atoms with Gasteiger partial charge in [-0.15, -0.1) is 0 Å². The van der Waals surface area contributed by atoms with Crippen LogP contribution in [0.1, 0.15) is 13.8 Å². The highest BCUT2D eigenvalue weighted by Crippen LogP contribution is 2.39. The molecule has 9 nitrogen and oxygen atoms in total. The Morgan fingerprint density at radius 3 is 2.61 bits per heavy atom. The monoisotopic (exact) mass is 519 g/mol. The van der Waals surface area contributed by atoms with Gasteiger partial charge in [0.25, 0.3) is 0 Å². The van der Waals surface area contributed by atoms with E-state index in [0.29, 0.717) is 24.5 Å². The minimum absolute atomic E-state index is 0.0651. The largest absolute Gasteiger partial charge is 0.486 e. The molecule has 0 aliphatic carbocycles. The van der Waals surface area contributed by atoms with E-state index in [9.17, 15) is 17.2 Å². The van der Waals surface area contributed by atoms with Gasteiger partial charge in [-0.2, -0.15) is 0 Å². The molecule has 3 aromatic rings. The first kappa shape index (κ1) is 25.7. The molecule has 192 valence electrons. The summed E-state index contributed by atoms with van der Waals surface area (Å²) in [5, 5.41) is 2.92. The maximum absolute atomic E-state index is 14.9. The summed E-state index contributed by atoms with van der Waals surface area (Å²) in [5.41, 5.74) is 1.19. The van der Waals surface area contributed by atoms with E-state index in [1.165, 1.54) is 37.4 Å². The Hall–Kier alpha value is -3.35. The van der Waals surface area contributed by atoms with Crippen molar-refractivity contribution in [2.24, 2.45) is 0 Å². The molecule has 12 heteroatoms. The van der Waals surface area contributed by atoms with Crippen LogP contribution in [-0.4, -0.2) is 57.8 Å². The van der Waals surface area contributed by atoms with Gasteiger partial charge in [0.2, 0.25) is 16.0 Å². The van der Waals surface area contributed by atoms with E-state index in [1.807, 2.05) is 18.7 Å². The Kier molecular flexibility index (Phi) is 7.67. The second-order valence-corrected chi connectivity index (χ2v) is 10.1. The first-order chi connectivity index (χ1) is 17.2. The minimum atomic E-state index is -3.68. The first-order valence-electron chi connectivity index (χ1n) is 11.3. The molecule has 1 aromatic heterocycles.